The van der Waals surface area contributed by atoms with Crippen LogP contribution in [0.2, 0.25) is 10.0 Å². The van der Waals surface area contributed by atoms with Gasteiger partial charge < -0.3 is 15.4 Å². The summed E-state index contributed by atoms with van der Waals surface area (Å²) in [5, 5.41) is 7.60. The summed E-state index contributed by atoms with van der Waals surface area (Å²) < 4.78 is 5.08. The Morgan fingerprint density at radius 2 is 1.73 bits per heavy atom. The zero-order valence-corrected chi connectivity index (χ0v) is 15.7. The van der Waals surface area contributed by atoms with Crippen LogP contribution in [0.3, 0.4) is 0 Å². The van der Waals surface area contributed by atoms with Gasteiger partial charge in [-0.3, -0.25) is 0 Å². The van der Waals surface area contributed by atoms with Gasteiger partial charge in [-0.2, -0.15) is 0 Å². The number of hydrogen-bond donors (Lipinski definition) is 2. The van der Waals surface area contributed by atoms with Crippen molar-refractivity contribution >= 4 is 40.5 Å². The molecule has 5 nitrogen and oxygen atoms in total. The van der Waals surface area contributed by atoms with Crippen molar-refractivity contribution in [1.82, 2.24) is 9.97 Å². The molecule has 7 heteroatoms. The average Bonchev–Trinajstić information content (AvgIpc) is 2.65. The van der Waals surface area contributed by atoms with Crippen molar-refractivity contribution in [1.29, 1.82) is 0 Å². The Kier molecular flexibility index (Phi) is 6.28. The molecule has 0 bridgehead atoms. The molecule has 2 N–H and O–H groups in total. The second-order valence-corrected chi connectivity index (χ2v) is 6.34. The van der Waals surface area contributed by atoms with E-state index in [0.717, 1.165) is 5.56 Å². The highest BCUT2D eigenvalue weighted by Gasteiger charge is 2.09. The van der Waals surface area contributed by atoms with Crippen LogP contribution in [0, 0.1) is 0 Å². The Hall–Kier alpha value is -2.34. The minimum absolute atomic E-state index is 0.558. The molecule has 0 aliphatic heterocycles. The van der Waals surface area contributed by atoms with E-state index in [9.17, 15) is 0 Å². The number of hydrogen-bond acceptors (Lipinski definition) is 5. The lowest BCUT2D eigenvalue weighted by molar-refractivity contribution is 0.210. The molecule has 0 amide bonds. The Morgan fingerprint density at radius 3 is 2.50 bits per heavy atom. The van der Waals surface area contributed by atoms with Gasteiger partial charge in [0, 0.05) is 30.3 Å². The van der Waals surface area contributed by atoms with Crippen molar-refractivity contribution in [3.05, 3.63) is 64.6 Å². The first kappa shape index (κ1) is 18.5. The maximum Gasteiger partial charge on any atom is 0.163 e. The van der Waals surface area contributed by atoms with Crippen LogP contribution < -0.4 is 10.6 Å². The Bertz CT molecular complexity index is 875. The third kappa shape index (κ3) is 4.85. The van der Waals surface area contributed by atoms with Crippen LogP contribution in [0.4, 0.5) is 17.3 Å². The lowest BCUT2D eigenvalue weighted by atomic mass is 10.2. The average molecular weight is 389 g/mol. The topological polar surface area (TPSA) is 59.1 Å². The van der Waals surface area contributed by atoms with Gasteiger partial charge in [0.2, 0.25) is 0 Å². The number of rotatable bonds is 7. The molecule has 26 heavy (non-hydrogen) atoms. The van der Waals surface area contributed by atoms with Crippen molar-refractivity contribution in [3.63, 3.8) is 0 Å². The highest BCUT2D eigenvalue weighted by atomic mass is 35.5. The second kappa shape index (κ2) is 8.85. The number of aromatic nitrogens is 2. The summed E-state index contributed by atoms with van der Waals surface area (Å²) in [6.07, 6.45) is 0. The first-order valence-corrected chi connectivity index (χ1v) is 8.80. The van der Waals surface area contributed by atoms with Crippen LogP contribution in [-0.4, -0.2) is 30.2 Å². The Morgan fingerprint density at radius 1 is 0.962 bits per heavy atom. The van der Waals surface area contributed by atoms with Gasteiger partial charge >= 0.3 is 0 Å². The summed E-state index contributed by atoms with van der Waals surface area (Å²) in [5.41, 5.74) is 1.60. The summed E-state index contributed by atoms with van der Waals surface area (Å²) in [5.74, 6) is 1.91. The number of halogens is 2. The minimum atomic E-state index is 0.558. The third-order valence-electron chi connectivity index (χ3n) is 3.56. The second-order valence-electron chi connectivity index (χ2n) is 5.50. The van der Waals surface area contributed by atoms with Crippen molar-refractivity contribution in [2.75, 3.05) is 30.9 Å². The molecule has 134 valence electrons. The fourth-order valence-electron chi connectivity index (χ4n) is 2.33. The van der Waals surface area contributed by atoms with E-state index < -0.39 is 0 Å². The summed E-state index contributed by atoms with van der Waals surface area (Å²) in [6, 6.07) is 16.8. The lowest BCUT2D eigenvalue weighted by Crippen LogP contribution is -2.10. The van der Waals surface area contributed by atoms with E-state index in [2.05, 4.69) is 20.6 Å². The van der Waals surface area contributed by atoms with Gasteiger partial charge in [-0.05, 0) is 18.2 Å². The van der Waals surface area contributed by atoms with E-state index in [1.165, 1.54) is 0 Å². The van der Waals surface area contributed by atoms with E-state index in [0.29, 0.717) is 46.3 Å². The summed E-state index contributed by atoms with van der Waals surface area (Å²) in [6.45, 7) is 1.21. The van der Waals surface area contributed by atoms with Gasteiger partial charge in [-0.1, -0.05) is 53.5 Å². The number of nitrogens with zero attached hydrogens (tertiary/aromatic N) is 2. The highest BCUT2D eigenvalue weighted by molar-refractivity contribution is 6.35. The van der Waals surface area contributed by atoms with Crippen LogP contribution in [0.15, 0.2) is 54.6 Å². The SMILES string of the molecule is COCCNc1cc(Nc2cc(Cl)ccc2Cl)nc(-c2ccccc2)n1. The molecule has 0 radical (unpaired) electrons. The van der Waals surface area contributed by atoms with E-state index in [1.54, 1.807) is 25.3 Å². The van der Waals surface area contributed by atoms with Crippen molar-refractivity contribution in [2.24, 2.45) is 0 Å². The zero-order chi connectivity index (χ0) is 18.4. The van der Waals surface area contributed by atoms with Crippen molar-refractivity contribution in [3.8, 4) is 11.4 Å². The normalized spacial score (nSPS) is 10.6. The predicted molar refractivity (Wildman–Crippen MR) is 108 cm³/mol. The van der Waals surface area contributed by atoms with Crippen LogP contribution >= 0.6 is 23.2 Å². The standard InChI is InChI=1S/C19H18Cl2N4O/c1-26-10-9-22-17-12-18(23-16-11-14(20)7-8-15(16)21)25-19(24-17)13-5-3-2-4-6-13/h2-8,11-12H,9-10H2,1H3,(H2,22,23,24,25). The molecule has 3 rings (SSSR count). The molecule has 0 saturated heterocycles. The quantitative estimate of drug-likeness (QED) is 0.541. The number of nitrogens with one attached hydrogen (secondary N) is 2. The molecule has 0 aliphatic rings. The Labute approximate surface area is 162 Å². The summed E-state index contributed by atoms with van der Waals surface area (Å²) in [7, 11) is 1.66. The van der Waals surface area contributed by atoms with Crippen molar-refractivity contribution < 1.29 is 4.74 Å². The van der Waals surface area contributed by atoms with Crippen LogP contribution in [0.5, 0.6) is 0 Å². The van der Waals surface area contributed by atoms with Crippen LogP contribution in [0.25, 0.3) is 11.4 Å². The number of methoxy groups -OCH3 is 1. The van der Waals surface area contributed by atoms with Gasteiger partial charge in [-0.25, -0.2) is 9.97 Å². The monoisotopic (exact) mass is 388 g/mol. The van der Waals surface area contributed by atoms with E-state index in [1.807, 2.05) is 36.4 Å². The molecule has 0 unspecified atom stereocenters. The fraction of sp³-hybridized carbons (Fsp3) is 0.158. The molecule has 0 saturated carbocycles. The highest BCUT2D eigenvalue weighted by Crippen LogP contribution is 2.29. The van der Waals surface area contributed by atoms with Crippen molar-refractivity contribution in [2.45, 2.75) is 0 Å². The molecule has 0 atom stereocenters. The smallest absolute Gasteiger partial charge is 0.163 e. The molecule has 1 heterocycles. The van der Waals surface area contributed by atoms with E-state index in [4.69, 9.17) is 27.9 Å². The van der Waals surface area contributed by atoms with Gasteiger partial charge in [0.1, 0.15) is 11.6 Å². The van der Waals surface area contributed by atoms with E-state index >= 15 is 0 Å². The number of benzene rings is 2. The minimum Gasteiger partial charge on any atom is -0.383 e. The first-order chi connectivity index (χ1) is 12.7. The fourth-order valence-corrected chi connectivity index (χ4v) is 2.67. The molecule has 0 fully saturated rings. The third-order valence-corrected chi connectivity index (χ3v) is 4.13. The number of anilines is 3. The van der Waals surface area contributed by atoms with Gasteiger partial charge in [0.15, 0.2) is 5.82 Å². The Balaban J connectivity index is 1.95. The molecule has 1 aromatic heterocycles. The maximum absolute atomic E-state index is 6.25. The van der Waals surface area contributed by atoms with E-state index in [-0.39, 0.29) is 0 Å². The van der Waals surface area contributed by atoms with Gasteiger partial charge in [0.05, 0.1) is 17.3 Å². The molecule has 0 aliphatic carbocycles. The van der Waals surface area contributed by atoms with Gasteiger partial charge in [-0.15, -0.1) is 0 Å². The van der Waals surface area contributed by atoms with Gasteiger partial charge in [0.25, 0.3) is 0 Å². The molecular weight excluding hydrogens is 371 g/mol. The zero-order valence-electron chi connectivity index (χ0n) is 14.2. The summed E-state index contributed by atoms with van der Waals surface area (Å²) in [4.78, 5) is 9.18. The van der Waals surface area contributed by atoms with Crippen LogP contribution in [-0.2, 0) is 4.74 Å². The maximum atomic E-state index is 6.25. The lowest BCUT2D eigenvalue weighted by Gasteiger charge is -2.12. The number of ether oxygens (including phenoxy) is 1. The molecular formula is C19H18Cl2N4O. The largest absolute Gasteiger partial charge is 0.383 e. The molecule has 0 spiro atoms. The summed E-state index contributed by atoms with van der Waals surface area (Å²) >= 11 is 12.3. The predicted octanol–water partition coefficient (Wildman–Crippen LogP) is 5.25. The first-order valence-electron chi connectivity index (χ1n) is 8.05. The van der Waals surface area contributed by atoms with Crippen LogP contribution in [0.1, 0.15) is 0 Å². The molecule has 3 aromatic rings. The molecule has 2 aromatic carbocycles.